The minimum Gasteiger partial charge on any atom is -0.494 e. The van der Waals surface area contributed by atoms with Crippen LogP contribution in [0.3, 0.4) is 0 Å². The van der Waals surface area contributed by atoms with Gasteiger partial charge in [-0.3, -0.25) is 19.7 Å². The zero-order valence-electron chi connectivity index (χ0n) is 19.8. The minimum atomic E-state index is -0.993. The van der Waals surface area contributed by atoms with Crippen LogP contribution in [0.25, 0.3) is 0 Å². The Morgan fingerprint density at radius 3 is 2.41 bits per heavy atom. The van der Waals surface area contributed by atoms with Gasteiger partial charge < -0.3 is 19.5 Å². The summed E-state index contributed by atoms with van der Waals surface area (Å²) in [7, 11) is 1.34. The van der Waals surface area contributed by atoms with Crippen molar-refractivity contribution in [3.8, 4) is 17.2 Å². The fourth-order valence-corrected chi connectivity index (χ4v) is 3.01. The molecule has 0 unspecified atom stereocenters. The third-order valence-electron chi connectivity index (χ3n) is 4.72. The maximum Gasteiger partial charge on any atom is 0.350 e. The number of carbonyl (C=O) groups is 3. The smallest absolute Gasteiger partial charge is 0.350 e. The van der Waals surface area contributed by atoms with Crippen LogP contribution >= 0.6 is 0 Å². The molecule has 3 aromatic carbocycles. The fraction of sp³-hybridized carbons (Fsp3) is 0.120. The molecule has 0 bridgehead atoms. The molecular formula is C25H22N4O8. The Labute approximate surface area is 211 Å². The molecule has 3 rings (SSSR count). The van der Waals surface area contributed by atoms with E-state index in [9.17, 15) is 24.5 Å². The molecule has 0 heterocycles. The van der Waals surface area contributed by atoms with Crippen molar-refractivity contribution >= 4 is 35.4 Å². The van der Waals surface area contributed by atoms with Crippen LogP contribution < -0.4 is 25.0 Å². The summed E-state index contributed by atoms with van der Waals surface area (Å²) in [5.74, 6) is -2.06. The van der Waals surface area contributed by atoms with Crippen LogP contribution in [0.2, 0.25) is 0 Å². The molecule has 0 saturated carbocycles. The zero-order valence-corrected chi connectivity index (χ0v) is 19.8. The summed E-state index contributed by atoms with van der Waals surface area (Å²) in [6.07, 6.45) is 1.25. The first-order valence-electron chi connectivity index (χ1n) is 10.8. The topological polar surface area (TPSA) is 158 Å². The Balaban J connectivity index is 1.61. The Kier molecular flexibility index (Phi) is 8.86. The molecule has 0 fully saturated rings. The third-order valence-corrected chi connectivity index (χ3v) is 4.72. The summed E-state index contributed by atoms with van der Waals surface area (Å²) in [6, 6.07) is 16.2. The third kappa shape index (κ3) is 7.11. The number of rotatable bonds is 9. The first kappa shape index (κ1) is 26.3. The summed E-state index contributed by atoms with van der Waals surface area (Å²) in [5, 5.41) is 17.3. The second-order valence-corrected chi connectivity index (χ2v) is 7.18. The number of nitrogens with zero attached hydrogens (tertiary/aromatic N) is 2. The lowest BCUT2D eigenvalue weighted by Crippen LogP contribution is -2.32. The zero-order chi connectivity index (χ0) is 26.8. The number of esters is 1. The largest absolute Gasteiger partial charge is 0.494 e. The number of nitro groups is 1. The van der Waals surface area contributed by atoms with Gasteiger partial charge in [-0.15, -0.1) is 0 Å². The van der Waals surface area contributed by atoms with E-state index in [0.29, 0.717) is 23.6 Å². The Hall–Kier alpha value is -5.26. The molecule has 0 radical (unpaired) electrons. The fourth-order valence-electron chi connectivity index (χ4n) is 3.01. The number of amides is 2. The molecule has 3 aromatic rings. The van der Waals surface area contributed by atoms with Crippen LogP contribution in [-0.4, -0.2) is 42.6 Å². The summed E-state index contributed by atoms with van der Waals surface area (Å²) in [4.78, 5) is 47.0. The van der Waals surface area contributed by atoms with Crippen molar-refractivity contribution in [1.29, 1.82) is 0 Å². The average molecular weight is 506 g/mol. The Morgan fingerprint density at radius 1 is 1.00 bits per heavy atom. The lowest BCUT2D eigenvalue weighted by molar-refractivity contribution is -0.385. The lowest BCUT2D eigenvalue weighted by Gasteiger charge is -2.10. The summed E-state index contributed by atoms with van der Waals surface area (Å²) in [5.41, 5.74) is 2.35. The van der Waals surface area contributed by atoms with E-state index in [1.807, 2.05) is 6.92 Å². The van der Waals surface area contributed by atoms with E-state index in [0.717, 1.165) is 0 Å². The van der Waals surface area contributed by atoms with Crippen molar-refractivity contribution in [2.75, 3.05) is 19.0 Å². The lowest BCUT2D eigenvalue weighted by atomic mass is 10.2. The van der Waals surface area contributed by atoms with E-state index in [4.69, 9.17) is 14.2 Å². The molecule has 2 amide bonds. The number of nitrogens with one attached hydrogen (secondary N) is 2. The first-order valence-corrected chi connectivity index (χ1v) is 10.8. The SMILES string of the molecule is CCOc1ccc(NC(=O)C(=O)N/N=C/c2ccc(OC(=O)c3ccccc3[N+](=O)[O-])c(OC)c2)cc1. The predicted molar refractivity (Wildman–Crippen MR) is 133 cm³/mol. The summed E-state index contributed by atoms with van der Waals surface area (Å²) < 4.78 is 15.8. The molecule has 37 heavy (non-hydrogen) atoms. The molecule has 0 spiro atoms. The molecule has 0 aliphatic rings. The van der Waals surface area contributed by atoms with Crippen molar-refractivity contribution in [1.82, 2.24) is 5.43 Å². The maximum atomic E-state index is 12.5. The van der Waals surface area contributed by atoms with Gasteiger partial charge in [0.2, 0.25) is 0 Å². The molecule has 12 heteroatoms. The van der Waals surface area contributed by atoms with Crippen LogP contribution in [-0.2, 0) is 9.59 Å². The molecular weight excluding hydrogens is 484 g/mol. The molecule has 190 valence electrons. The van der Waals surface area contributed by atoms with Crippen molar-refractivity contribution in [3.05, 3.63) is 88.0 Å². The van der Waals surface area contributed by atoms with Crippen molar-refractivity contribution in [3.63, 3.8) is 0 Å². The molecule has 0 atom stereocenters. The molecule has 12 nitrogen and oxygen atoms in total. The van der Waals surface area contributed by atoms with Crippen LogP contribution in [0.5, 0.6) is 17.2 Å². The highest BCUT2D eigenvalue weighted by Crippen LogP contribution is 2.29. The number of para-hydroxylation sites is 1. The van der Waals surface area contributed by atoms with Gasteiger partial charge in [0.25, 0.3) is 5.69 Å². The van der Waals surface area contributed by atoms with E-state index in [-0.39, 0.29) is 17.1 Å². The van der Waals surface area contributed by atoms with Gasteiger partial charge in [0.15, 0.2) is 11.5 Å². The van der Waals surface area contributed by atoms with Gasteiger partial charge in [0.1, 0.15) is 11.3 Å². The highest BCUT2D eigenvalue weighted by molar-refractivity contribution is 6.39. The second-order valence-electron chi connectivity index (χ2n) is 7.18. The minimum absolute atomic E-state index is 0.0153. The van der Waals surface area contributed by atoms with Crippen LogP contribution in [0.15, 0.2) is 71.8 Å². The highest BCUT2D eigenvalue weighted by Gasteiger charge is 2.22. The standard InChI is InChI=1S/C25H22N4O8/c1-3-36-18-11-9-17(10-12-18)27-23(30)24(31)28-26-15-16-8-13-21(22(14-16)35-2)37-25(32)19-6-4-5-7-20(19)29(33)34/h4-15H,3H2,1-2H3,(H,27,30)(H,28,31)/b26-15+. The second kappa shape index (κ2) is 12.4. The van der Waals surface area contributed by atoms with Gasteiger partial charge >= 0.3 is 17.8 Å². The van der Waals surface area contributed by atoms with Gasteiger partial charge in [-0.1, -0.05) is 12.1 Å². The van der Waals surface area contributed by atoms with Crippen LogP contribution in [0.4, 0.5) is 11.4 Å². The molecule has 0 aliphatic carbocycles. The highest BCUT2D eigenvalue weighted by atomic mass is 16.6. The number of ether oxygens (including phenoxy) is 3. The number of hydrogen-bond acceptors (Lipinski definition) is 9. The number of carbonyl (C=O) groups excluding carboxylic acids is 3. The first-order chi connectivity index (χ1) is 17.8. The molecule has 0 aliphatic heterocycles. The number of anilines is 1. The number of hydrazone groups is 1. The summed E-state index contributed by atoms with van der Waals surface area (Å²) >= 11 is 0. The van der Waals surface area contributed by atoms with Gasteiger partial charge in [-0.05, 0) is 61.0 Å². The Morgan fingerprint density at radius 2 is 1.73 bits per heavy atom. The van der Waals surface area contributed by atoms with Gasteiger partial charge in [0.05, 0.1) is 24.9 Å². The molecule has 0 aromatic heterocycles. The number of nitro benzene ring substituents is 1. The van der Waals surface area contributed by atoms with Gasteiger partial charge in [-0.2, -0.15) is 5.10 Å². The Bertz CT molecular complexity index is 1340. The van der Waals surface area contributed by atoms with Crippen LogP contribution in [0, 0.1) is 10.1 Å². The predicted octanol–water partition coefficient (Wildman–Crippen LogP) is 3.31. The van der Waals surface area contributed by atoms with Gasteiger partial charge in [-0.25, -0.2) is 10.2 Å². The van der Waals surface area contributed by atoms with E-state index < -0.39 is 28.4 Å². The van der Waals surface area contributed by atoms with Crippen molar-refractivity contribution in [2.45, 2.75) is 6.92 Å². The van der Waals surface area contributed by atoms with E-state index in [1.165, 1.54) is 55.8 Å². The maximum absolute atomic E-state index is 12.5. The normalized spacial score (nSPS) is 10.4. The summed E-state index contributed by atoms with van der Waals surface area (Å²) in [6.45, 7) is 2.35. The molecule has 0 saturated heterocycles. The molecule has 2 N–H and O–H groups in total. The monoisotopic (exact) mass is 506 g/mol. The quantitative estimate of drug-likeness (QED) is 0.112. The number of benzene rings is 3. The van der Waals surface area contributed by atoms with Crippen LogP contribution in [0.1, 0.15) is 22.8 Å². The average Bonchev–Trinajstić information content (AvgIpc) is 2.90. The van der Waals surface area contributed by atoms with E-state index >= 15 is 0 Å². The van der Waals surface area contributed by atoms with E-state index in [2.05, 4.69) is 15.8 Å². The number of hydrogen-bond donors (Lipinski definition) is 2. The van der Waals surface area contributed by atoms with Crippen molar-refractivity contribution < 1.29 is 33.5 Å². The van der Waals surface area contributed by atoms with Crippen molar-refractivity contribution in [2.24, 2.45) is 5.10 Å². The number of methoxy groups -OCH3 is 1. The van der Waals surface area contributed by atoms with E-state index in [1.54, 1.807) is 24.3 Å². The van der Waals surface area contributed by atoms with Gasteiger partial charge in [0, 0.05) is 11.8 Å².